The monoisotopic (exact) mass is 1530 g/mol. The van der Waals surface area contributed by atoms with Gasteiger partial charge in [0.25, 0.3) is 22.2 Å². The van der Waals surface area contributed by atoms with Crippen LogP contribution in [0.5, 0.6) is 23.0 Å². The summed E-state index contributed by atoms with van der Waals surface area (Å²) >= 11 is 87.1. The number of thiol groups is 1. The van der Waals surface area contributed by atoms with Gasteiger partial charge in [-0.1, -0.05) is 165 Å². The minimum Gasteiger partial charge on any atom is -0.505 e. The van der Waals surface area contributed by atoms with E-state index in [0.29, 0.717) is 47.0 Å². The number of nitro benzene ring substituents is 3. The summed E-state index contributed by atoms with van der Waals surface area (Å²) in [7, 11) is 13.1. The fourth-order valence-corrected chi connectivity index (χ4v) is 8.07. The van der Waals surface area contributed by atoms with E-state index in [0.717, 1.165) is 42.0 Å². The van der Waals surface area contributed by atoms with Gasteiger partial charge in [-0.15, -0.1) is 22.8 Å². The molecule has 0 unspecified atom stereocenters. The number of nitrogen functional groups attached to an aromatic ring is 2. The molecule has 480 valence electrons. The van der Waals surface area contributed by atoms with Gasteiger partial charge in [0.1, 0.15) is 0 Å². The molecule has 0 aliphatic carbocycles. The highest BCUT2D eigenvalue weighted by molar-refractivity contribution is 7.83. The molecule has 39 heteroatoms. The van der Waals surface area contributed by atoms with Gasteiger partial charge in [0.15, 0.2) is 37.8 Å². The van der Waals surface area contributed by atoms with Crippen LogP contribution in [0.1, 0.15) is 25.3 Å². The van der Waals surface area contributed by atoms with Crippen molar-refractivity contribution in [2.24, 2.45) is 0 Å². The first kappa shape index (κ1) is 83.0. The Kier molecular flexibility index (Phi) is 37.7. The van der Waals surface area contributed by atoms with Crippen LogP contribution in [0.2, 0.25) is 60.5 Å². The van der Waals surface area contributed by atoms with Crippen LogP contribution in [0.4, 0.5) is 38.0 Å². The highest BCUT2D eigenvalue weighted by Gasteiger charge is 2.21. The Morgan fingerprint density at radius 3 is 1.06 bits per heavy atom. The first-order chi connectivity index (χ1) is 40.4. The Morgan fingerprint density at radius 2 is 0.795 bits per heavy atom. The number of amides is 2. The number of ether oxygens (including phenoxy) is 3. The SMILES string of the molecule is CC(C)c1cc(Cl)nnc1Cl.CN(C)C(=O)Oc1c(Cl)cc(N)cc1Cl.CN(C)C(=O)Oc1c(Cl)cc([N+](=O)[O-])cc1Cl.CN(C)C(=S)Cl.CN(C)C(=S)Oc1c(Cl)cc([N+](=O)[O-])cc1Cl.Nc1cc(Cl)c(S)c(Cl)c1.O=[N+]([O-])c1cc(Cl)c(O)c(Cl)c1. The molecule has 23 nitrogen and oxygen atoms in total. The molecule has 6 rings (SSSR count). The minimum atomic E-state index is -0.678. The maximum atomic E-state index is 11.3. The number of nitro groups is 3. The zero-order chi connectivity index (χ0) is 68.5. The summed E-state index contributed by atoms with van der Waals surface area (Å²) in [6.07, 6.45) is -1.23. The molecule has 0 saturated carbocycles. The molecular formula is C49H48Cl13N11O12S3. The number of halogens is 13. The smallest absolute Gasteiger partial charge is 0.414 e. The Bertz CT molecular complexity index is 3290. The average molecular weight is 1540 g/mol. The van der Waals surface area contributed by atoms with Gasteiger partial charge >= 0.3 is 12.2 Å². The molecule has 1 aromatic heterocycles. The molecule has 5 N–H and O–H groups in total. The normalized spacial score (nSPS) is 9.83. The maximum absolute atomic E-state index is 11.3. The predicted molar refractivity (Wildman–Crippen MR) is 365 cm³/mol. The number of hydrogen-bond acceptors (Lipinski definition) is 19. The van der Waals surface area contributed by atoms with E-state index in [9.17, 15) is 39.9 Å². The van der Waals surface area contributed by atoms with Crippen molar-refractivity contribution in [1.29, 1.82) is 0 Å². The average Bonchev–Trinajstić information content (AvgIpc) is 3.39. The third-order valence-corrected chi connectivity index (χ3v) is 14.3. The van der Waals surface area contributed by atoms with Gasteiger partial charge in [-0.3, -0.25) is 30.3 Å². The van der Waals surface area contributed by atoms with Crippen LogP contribution in [0.3, 0.4) is 0 Å². The molecule has 2 amide bonds. The van der Waals surface area contributed by atoms with E-state index in [-0.39, 0.29) is 85.4 Å². The van der Waals surface area contributed by atoms with Gasteiger partial charge in [-0.05, 0) is 66.2 Å². The molecule has 0 saturated heterocycles. The van der Waals surface area contributed by atoms with Crippen LogP contribution in [-0.4, -0.2) is 128 Å². The van der Waals surface area contributed by atoms with Crippen molar-refractivity contribution in [3.8, 4) is 23.0 Å². The van der Waals surface area contributed by atoms with Gasteiger partial charge in [0.2, 0.25) is 0 Å². The zero-order valence-electron chi connectivity index (χ0n) is 46.7. The lowest BCUT2D eigenvalue weighted by Crippen LogP contribution is -2.25. The Labute approximate surface area is 585 Å². The predicted octanol–water partition coefficient (Wildman–Crippen LogP) is 18.2. The van der Waals surface area contributed by atoms with Crippen LogP contribution < -0.4 is 25.7 Å². The molecule has 88 heavy (non-hydrogen) atoms. The fraction of sp³-hybridized carbons (Fsp3) is 0.224. The number of rotatable bonds is 7. The number of carbonyl (C=O) groups excluding carboxylic acids is 2. The van der Waals surface area contributed by atoms with Gasteiger partial charge < -0.3 is 50.4 Å². The van der Waals surface area contributed by atoms with Crippen molar-refractivity contribution in [3.63, 3.8) is 0 Å². The number of phenols is 1. The van der Waals surface area contributed by atoms with E-state index in [4.69, 9.17) is 194 Å². The van der Waals surface area contributed by atoms with E-state index < -0.39 is 27.0 Å². The number of phenolic OH excluding ortho intramolecular Hbond substituents is 1. The summed E-state index contributed by atoms with van der Waals surface area (Å²) in [4.78, 5) is 58.2. The summed E-state index contributed by atoms with van der Waals surface area (Å²) in [5.41, 5.74) is 12.1. The van der Waals surface area contributed by atoms with Crippen LogP contribution >= 0.6 is 188 Å². The van der Waals surface area contributed by atoms with E-state index in [1.165, 1.54) is 36.0 Å². The number of nitrogens with zero attached hydrogens (tertiary/aromatic N) is 9. The summed E-state index contributed by atoms with van der Waals surface area (Å²) in [5, 5.41) is 49.6. The quantitative estimate of drug-likeness (QED) is 0.0219. The number of anilines is 2. The Balaban J connectivity index is 0.00000102. The first-order valence-corrected chi connectivity index (χ1v) is 29.1. The summed E-state index contributed by atoms with van der Waals surface area (Å²) in [6, 6.07) is 14.4. The molecule has 6 aromatic rings. The number of aromatic nitrogens is 2. The zero-order valence-corrected chi connectivity index (χ0v) is 59.1. The summed E-state index contributed by atoms with van der Waals surface area (Å²) < 4.78 is 15.5. The number of benzene rings is 5. The maximum Gasteiger partial charge on any atom is 0.414 e. The van der Waals surface area contributed by atoms with Gasteiger partial charge in [-0.2, -0.15) is 0 Å². The third kappa shape index (κ3) is 29.8. The van der Waals surface area contributed by atoms with Gasteiger partial charge in [-0.25, -0.2) is 9.59 Å². The second-order valence-electron chi connectivity index (χ2n) is 17.2. The van der Waals surface area contributed by atoms with Crippen LogP contribution in [0, 0.1) is 30.3 Å². The first-order valence-electron chi connectivity index (χ1n) is 23.0. The standard InChI is InChI=1S/C9H8Cl2N2O4.C9H8Cl2N2O3S.C9H10Cl2N2O2.C7H8Cl2N2.C6H3Cl2NO3.C6H5Cl2NS.C3H6ClNS/c1-12(2)9(14)17-8-6(10)3-5(13(15)16)4-7(8)11;1-12(2)9(17)16-8-6(10)3-5(13(14)15)4-7(8)11;1-13(2)9(14)15-8-6(10)3-5(12)4-7(8)11;1-4(2)5-3-6(8)10-11-7(5)9;7-4-1-3(9(11)12)2-5(8)6(4)10;7-4-1-3(9)2-5(8)6(4)10;1-5(2)3(4)6/h2*3-4H,1-2H3;3-4H,12H2,1-2H3;3-4H,1-2H3;1-2,10H;1-2,10H,9H2;1-2H3. The van der Waals surface area contributed by atoms with Crippen molar-refractivity contribution >= 4 is 238 Å². The second-order valence-corrected chi connectivity index (χ2v) is 23.7. The van der Waals surface area contributed by atoms with E-state index in [2.05, 4.69) is 35.0 Å². The van der Waals surface area contributed by atoms with Crippen molar-refractivity contribution in [1.82, 2.24) is 29.8 Å². The third-order valence-electron chi connectivity index (χ3n) is 9.04. The largest absolute Gasteiger partial charge is 0.505 e. The number of thiocarbonyl (C=S) groups is 2. The Hall–Kier alpha value is -4.98. The fourth-order valence-electron chi connectivity index (χ4n) is 4.73. The van der Waals surface area contributed by atoms with Crippen LogP contribution in [0.15, 0.2) is 71.6 Å². The molecule has 0 aliphatic heterocycles. The minimum absolute atomic E-state index is 0.0356. The highest BCUT2D eigenvalue weighted by atomic mass is 35.5. The highest BCUT2D eigenvalue weighted by Crippen LogP contribution is 2.40. The van der Waals surface area contributed by atoms with Crippen LogP contribution in [-0.2, 0) is 0 Å². The lowest BCUT2D eigenvalue weighted by Gasteiger charge is -2.15. The molecule has 0 bridgehead atoms. The number of nitrogens with two attached hydrogens (primary N) is 2. The van der Waals surface area contributed by atoms with Crippen LogP contribution in [0.25, 0.3) is 0 Å². The van der Waals surface area contributed by atoms with E-state index >= 15 is 0 Å². The van der Waals surface area contributed by atoms with Gasteiger partial charge in [0.05, 0.1) is 65.0 Å². The molecule has 0 fully saturated rings. The van der Waals surface area contributed by atoms with Gasteiger partial charge in [0, 0.05) is 109 Å². The molecule has 0 radical (unpaired) electrons. The number of hydrogen-bond donors (Lipinski definition) is 4. The number of non-ortho nitro benzene ring substituents is 3. The molecule has 1 heterocycles. The second kappa shape index (κ2) is 40.0. The topological polar surface area (TPSA) is 302 Å². The number of aromatic hydroxyl groups is 1. The lowest BCUT2D eigenvalue weighted by atomic mass is 10.1. The molecule has 0 spiro atoms. The molecule has 0 aliphatic rings. The number of carbonyl (C=O) groups is 2. The van der Waals surface area contributed by atoms with Crippen molar-refractivity contribution < 1.29 is 43.7 Å². The van der Waals surface area contributed by atoms with Crippen molar-refractivity contribution in [2.75, 3.05) is 67.8 Å². The molecular weight excluding hydrogens is 1490 g/mol. The Morgan fingerprint density at radius 1 is 0.511 bits per heavy atom. The van der Waals surface area contributed by atoms with E-state index in [1.54, 1.807) is 70.3 Å². The molecule has 0 atom stereocenters. The summed E-state index contributed by atoms with van der Waals surface area (Å²) in [5.74, 6) is 0.112. The van der Waals surface area contributed by atoms with Crippen molar-refractivity contribution in [2.45, 2.75) is 24.7 Å². The summed E-state index contributed by atoms with van der Waals surface area (Å²) in [6.45, 7) is 4.05. The van der Waals surface area contributed by atoms with E-state index in [1.807, 2.05) is 13.8 Å². The lowest BCUT2D eigenvalue weighted by molar-refractivity contribution is -0.385. The molecule has 5 aromatic carbocycles. The van der Waals surface area contributed by atoms with Crippen molar-refractivity contribution in [3.05, 3.63) is 163 Å².